The fourth-order valence-electron chi connectivity index (χ4n) is 2.22. The summed E-state index contributed by atoms with van der Waals surface area (Å²) in [5.41, 5.74) is 0. The highest BCUT2D eigenvalue weighted by Gasteiger charge is 2.44. The van der Waals surface area contributed by atoms with Crippen LogP contribution in [0.15, 0.2) is 0 Å². The van der Waals surface area contributed by atoms with Crippen molar-refractivity contribution in [1.29, 1.82) is 2.77 Å². The first kappa shape index (κ1) is 12.3. The molecule has 0 spiro atoms. The van der Waals surface area contributed by atoms with Gasteiger partial charge in [-0.05, 0) is 15.2 Å². The van der Waals surface area contributed by atoms with Crippen molar-refractivity contribution in [2.45, 2.75) is 58.3 Å². The molecule has 1 N–H and O–H groups in total. The van der Waals surface area contributed by atoms with Crippen LogP contribution in [0.1, 0.15) is 20.8 Å². The standard InChI is InChI=1S/C10H18O4.CH5BS/c1-5-9(11)6(2)13-8-4-12-7(3)14-10(5)8;1-2-3/h5-11H,4H2,1-3H3;2-3H,1H3/t5-,6-,7?,8?,9?,10+;/m1./s1/i11T;2D. The zero-order valence-electron chi connectivity index (χ0n) is 12.8. The van der Waals surface area contributed by atoms with Gasteiger partial charge in [0.05, 0.1) is 24.9 Å². The van der Waals surface area contributed by atoms with Crippen molar-refractivity contribution < 1.29 is 19.3 Å². The van der Waals surface area contributed by atoms with Crippen LogP contribution in [0.25, 0.3) is 0 Å². The molecule has 0 bridgehead atoms. The summed E-state index contributed by atoms with van der Waals surface area (Å²) in [6.07, 6.45) is -0.564. The first-order valence-electron chi connectivity index (χ1n) is 7.00. The molecule has 0 aromatic carbocycles. The molecule has 0 aromatic rings. The highest BCUT2D eigenvalue weighted by atomic mass is 32.1. The van der Waals surface area contributed by atoms with Gasteiger partial charge in [0.1, 0.15) is 6.10 Å². The van der Waals surface area contributed by atoms with E-state index >= 15 is 0 Å². The van der Waals surface area contributed by atoms with Crippen molar-refractivity contribution >= 4 is 19.0 Å². The predicted octanol–water partition coefficient (Wildman–Crippen LogP) is 0.848. The Hall–Kier alpha value is 0.255. The van der Waals surface area contributed by atoms with E-state index in [-0.39, 0.29) is 43.1 Å². The highest BCUT2D eigenvalue weighted by molar-refractivity contribution is 8.06. The topological polar surface area (TPSA) is 47.9 Å². The van der Waals surface area contributed by atoms with Crippen molar-refractivity contribution in [1.82, 2.24) is 0 Å². The van der Waals surface area contributed by atoms with Gasteiger partial charge in [0.2, 0.25) is 1.43 Å². The summed E-state index contributed by atoms with van der Waals surface area (Å²) in [5.74, 6) is 0.155. The summed E-state index contributed by atoms with van der Waals surface area (Å²) < 4.78 is 30.3. The van der Waals surface area contributed by atoms with Gasteiger partial charge in [0.25, 0.3) is 0 Å². The third-order valence-corrected chi connectivity index (χ3v) is 3.10. The third-order valence-electron chi connectivity index (χ3n) is 3.10. The van der Waals surface area contributed by atoms with E-state index in [1.54, 1.807) is 6.82 Å². The second kappa shape index (κ2) is 6.99. The number of rotatable bonds is 1. The number of thiol groups is 1. The van der Waals surface area contributed by atoms with E-state index in [4.69, 9.17) is 22.1 Å². The van der Waals surface area contributed by atoms with E-state index in [0.29, 0.717) is 6.61 Å². The average molecular weight is 265 g/mol. The molecule has 2 rings (SSSR count). The molecule has 6 heteroatoms. The monoisotopic (exact) mass is 265 g/mol. The van der Waals surface area contributed by atoms with Crippen LogP contribution in [0.2, 0.25) is 6.82 Å². The van der Waals surface area contributed by atoms with Crippen LogP contribution in [0.5, 0.6) is 0 Å². The van der Waals surface area contributed by atoms with Crippen molar-refractivity contribution in [2.75, 3.05) is 6.61 Å². The normalized spacial score (nSPS) is 46.9. The Morgan fingerprint density at radius 2 is 2.12 bits per heavy atom. The molecule has 3 unspecified atom stereocenters. The minimum atomic E-state index is -0.225. The zero-order chi connectivity index (χ0) is 14.6. The Balaban J connectivity index is 0.000000399. The molecular weight excluding hydrogens is 239 g/mol. The van der Waals surface area contributed by atoms with Gasteiger partial charge in [-0.15, -0.1) is 0 Å². The first-order chi connectivity index (χ1) is 8.86. The molecular formula is C11H23BO4S. The minimum absolute atomic E-state index is 0.0275. The van der Waals surface area contributed by atoms with Gasteiger partial charge in [0, 0.05) is 5.92 Å². The van der Waals surface area contributed by atoms with Crippen LogP contribution in [0.3, 0.4) is 0 Å². The second-order valence-corrected chi connectivity index (χ2v) is 4.98. The average Bonchev–Trinajstić information content (AvgIpc) is 2.30. The lowest BCUT2D eigenvalue weighted by Gasteiger charge is -2.46. The third kappa shape index (κ3) is 3.86. The van der Waals surface area contributed by atoms with Gasteiger partial charge >= 0.3 is 0 Å². The zero-order valence-corrected chi connectivity index (χ0v) is 11.7. The largest absolute Gasteiger partial charge is 0.390 e. The van der Waals surface area contributed by atoms with Crippen LogP contribution >= 0.6 is 12.5 Å². The fraction of sp³-hybridized carbons (Fsp3) is 1.00. The molecule has 0 amide bonds. The molecule has 2 aliphatic heterocycles. The van der Waals surface area contributed by atoms with E-state index in [1.807, 2.05) is 20.8 Å². The van der Waals surface area contributed by atoms with Crippen LogP contribution < -0.4 is 0 Å². The summed E-state index contributed by atoms with van der Waals surface area (Å²) in [4.78, 5) is 0. The number of aliphatic hydroxyl groups excluding tert-OH is 1. The van der Waals surface area contributed by atoms with Gasteiger partial charge in [-0.2, -0.15) is 0 Å². The van der Waals surface area contributed by atoms with Crippen LogP contribution in [-0.4, -0.2) is 51.7 Å². The molecule has 0 radical (unpaired) electrons. The maximum absolute atomic E-state index is 7.05. The van der Waals surface area contributed by atoms with E-state index in [0.717, 1.165) is 0 Å². The predicted molar refractivity (Wildman–Crippen MR) is 71.8 cm³/mol. The van der Waals surface area contributed by atoms with Crippen LogP contribution in [-0.2, 0) is 14.2 Å². The Bertz CT molecular complexity index is 272. The lowest BCUT2D eigenvalue weighted by molar-refractivity contribution is -0.306. The Kier molecular flexibility index (Phi) is 5.06. The van der Waals surface area contributed by atoms with Gasteiger partial charge in [-0.1, -0.05) is 13.7 Å². The van der Waals surface area contributed by atoms with Gasteiger partial charge in [0.15, 0.2) is 12.8 Å². The summed E-state index contributed by atoms with van der Waals surface area (Å²) >= 11 is 3.63. The number of hydrogen-bond donors (Lipinski definition) is 2. The highest BCUT2D eigenvalue weighted by Crippen LogP contribution is 2.31. The molecule has 2 fully saturated rings. The summed E-state index contributed by atoms with van der Waals surface area (Å²) in [5, 5.41) is 4.70. The number of fused-ring (bicyclic) bond motifs is 1. The van der Waals surface area contributed by atoms with E-state index in [9.17, 15) is 0 Å². The Morgan fingerprint density at radius 1 is 1.47 bits per heavy atom. The summed E-state index contributed by atoms with van der Waals surface area (Å²) in [7, 11) is 0. The molecule has 2 aliphatic rings. The number of aliphatic hydroxyl groups is 1. The quantitative estimate of drug-likeness (QED) is 0.545. The van der Waals surface area contributed by atoms with Crippen molar-refractivity contribution in [3.8, 4) is 0 Å². The Labute approximate surface area is 112 Å². The van der Waals surface area contributed by atoms with Crippen molar-refractivity contribution in [2.24, 2.45) is 5.92 Å². The van der Waals surface area contributed by atoms with E-state index in [1.165, 1.54) is 0 Å². The van der Waals surface area contributed by atoms with Crippen LogP contribution in [0.4, 0.5) is 0 Å². The maximum Gasteiger partial charge on any atom is 0.211 e. The molecule has 0 aromatic heterocycles. The molecule has 0 saturated carbocycles. The minimum Gasteiger partial charge on any atom is -0.390 e. The molecule has 100 valence electrons. The molecule has 4 nitrogen and oxygen atoms in total. The van der Waals surface area contributed by atoms with Crippen molar-refractivity contribution in [3.05, 3.63) is 0 Å². The van der Waals surface area contributed by atoms with Gasteiger partial charge < -0.3 is 19.3 Å². The van der Waals surface area contributed by atoms with Crippen LogP contribution in [0, 0.1) is 5.92 Å². The number of hydrogen-bond acceptors (Lipinski definition) is 5. The SMILES string of the molecule is [2H]B(C)S.[3H]OC1[C@@H](C)[C@@H]2OC(C)OCC2O[C@@H]1C. The number of ether oxygens (including phenoxy) is 3. The summed E-state index contributed by atoms with van der Waals surface area (Å²) in [6.45, 7) is 7.86. The summed E-state index contributed by atoms with van der Waals surface area (Å²) in [6, 6.07) is 0. The van der Waals surface area contributed by atoms with E-state index < -0.39 is 0 Å². The van der Waals surface area contributed by atoms with Gasteiger partial charge in [-0.25, -0.2) is 12.5 Å². The fourth-order valence-corrected chi connectivity index (χ4v) is 2.22. The smallest absolute Gasteiger partial charge is 0.211 e. The lowest BCUT2D eigenvalue weighted by Crippen LogP contribution is -2.58. The molecule has 17 heavy (non-hydrogen) atoms. The molecule has 2 heterocycles. The lowest BCUT2D eigenvalue weighted by atomic mass is 9.88. The van der Waals surface area contributed by atoms with Gasteiger partial charge in [-0.3, -0.25) is 0 Å². The van der Waals surface area contributed by atoms with Crippen molar-refractivity contribution in [3.63, 3.8) is 0 Å². The Morgan fingerprint density at radius 3 is 2.71 bits per heavy atom. The first-order valence-corrected chi connectivity index (χ1v) is 6.53. The molecule has 6 atom stereocenters. The molecule has 0 aliphatic carbocycles. The second-order valence-electron chi connectivity index (χ2n) is 4.46. The van der Waals surface area contributed by atoms with E-state index in [2.05, 4.69) is 12.5 Å². The maximum atomic E-state index is 7.05. The molecule has 2 saturated heterocycles.